The molecule has 1 aliphatic carbocycles. The molecule has 0 spiro atoms. The molecule has 1 fully saturated rings. The van der Waals surface area contributed by atoms with Crippen LogP contribution in [0.25, 0.3) is 0 Å². The standard InChI is InChI=1S/C16H22N2O4/c1-11-5-6-13(9-14(11)18(21)22)12(2)17-15(19)10-16(20)7-3-4-8-16/h5-6,9,12,20H,3-4,7-8,10H2,1-2H3,(H,17,19). The van der Waals surface area contributed by atoms with E-state index >= 15 is 0 Å². The van der Waals surface area contributed by atoms with Crippen molar-refractivity contribution < 1.29 is 14.8 Å². The van der Waals surface area contributed by atoms with Gasteiger partial charge in [-0.05, 0) is 32.3 Å². The van der Waals surface area contributed by atoms with E-state index in [-0.39, 0.29) is 24.1 Å². The highest BCUT2D eigenvalue weighted by Gasteiger charge is 2.33. The number of aliphatic hydroxyl groups is 1. The summed E-state index contributed by atoms with van der Waals surface area (Å²) in [6.07, 6.45) is 3.30. The SMILES string of the molecule is Cc1ccc(C(C)NC(=O)CC2(O)CCCC2)cc1[N+](=O)[O-]. The minimum Gasteiger partial charge on any atom is -0.389 e. The number of nitro groups is 1. The number of hydrogen-bond acceptors (Lipinski definition) is 4. The molecular formula is C16H22N2O4. The predicted octanol–water partition coefficient (Wildman–Crippen LogP) is 2.78. The predicted molar refractivity (Wildman–Crippen MR) is 82.4 cm³/mol. The van der Waals surface area contributed by atoms with Crippen LogP contribution in [0.2, 0.25) is 0 Å². The van der Waals surface area contributed by atoms with Gasteiger partial charge in [0.15, 0.2) is 0 Å². The molecule has 1 saturated carbocycles. The number of aryl methyl sites for hydroxylation is 1. The first-order chi connectivity index (χ1) is 10.3. The van der Waals surface area contributed by atoms with E-state index in [1.165, 1.54) is 6.07 Å². The molecule has 6 nitrogen and oxygen atoms in total. The highest BCUT2D eigenvalue weighted by atomic mass is 16.6. The van der Waals surface area contributed by atoms with Crippen molar-refractivity contribution in [1.82, 2.24) is 5.32 Å². The monoisotopic (exact) mass is 306 g/mol. The zero-order chi connectivity index (χ0) is 16.3. The largest absolute Gasteiger partial charge is 0.389 e. The number of carbonyl (C=O) groups excluding carboxylic acids is 1. The fourth-order valence-electron chi connectivity index (χ4n) is 2.98. The van der Waals surface area contributed by atoms with Crippen LogP contribution in [0.1, 0.15) is 56.2 Å². The summed E-state index contributed by atoms with van der Waals surface area (Å²) in [7, 11) is 0. The number of carbonyl (C=O) groups is 1. The summed E-state index contributed by atoms with van der Waals surface area (Å²) in [5.41, 5.74) is 0.438. The molecule has 120 valence electrons. The third-order valence-electron chi connectivity index (χ3n) is 4.33. The van der Waals surface area contributed by atoms with Gasteiger partial charge < -0.3 is 10.4 Å². The molecule has 0 bridgehead atoms. The zero-order valence-corrected chi connectivity index (χ0v) is 13.0. The molecule has 0 aromatic heterocycles. The number of rotatable bonds is 5. The van der Waals surface area contributed by atoms with E-state index in [1.54, 1.807) is 26.0 Å². The number of nitro benzene ring substituents is 1. The second-order valence-corrected chi connectivity index (χ2v) is 6.20. The Kier molecular flexibility index (Phi) is 4.81. The van der Waals surface area contributed by atoms with E-state index in [0.29, 0.717) is 24.0 Å². The molecule has 2 rings (SSSR count). The lowest BCUT2D eigenvalue weighted by atomic mass is 9.97. The molecule has 1 unspecified atom stereocenters. The van der Waals surface area contributed by atoms with Crippen LogP contribution < -0.4 is 5.32 Å². The minimum atomic E-state index is -0.886. The van der Waals surface area contributed by atoms with Gasteiger partial charge in [0.05, 0.1) is 23.0 Å². The van der Waals surface area contributed by atoms with Crippen molar-refractivity contribution in [3.8, 4) is 0 Å². The fourth-order valence-corrected chi connectivity index (χ4v) is 2.98. The Hall–Kier alpha value is -1.95. The molecule has 6 heteroatoms. The molecule has 0 radical (unpaired) electrons. The molecule has 1 aromatic rings. The van der Waals surface area contributed by atoms with E-state index in [9.17, 15) is 20.0 Å². The maximum absolute atomic E-state index is 12.1. The first-order valence-electron chi connectivity index (χ1n) is 7.57. The summed E-state index contributed by atoms with van der Waals surface area (Å²) in [4.78, 5) is 22.6. The van der Waals surface area contributed by atoms with Gasteiger partial charge in [-0.25, -0.2) is 0 Å². The first kappa shape index (κ1) is 16.4. The molecule has 1 atom stereocenters. The number of benzene rings is 1. The summed E-state index contributed by atoms with van der Waals surface area (Å²) in [6, 6.07) is 4.61. The fraction of sp³-hybridized carbons (Fsp3) is 0.562. The third kappa shape index (κ3) is 3.82. The summed E-state index contributed by atoms with van der Waals surface area (Å²) >= 11 is 0. The zero-order valence-electron chi connectivity index (χ0n) is 13.0. The maximum Gasteiger partial charge on any atom is 0.272 e. The van der Waals surface area contributed by atoms with Gasteiger partial charge in [-0.15, -0.1) is 0 Å². The van der Waals surface area contributed by atoms with Gasteiger partial charge in [0, 0.05) is 11.6 Å². The van der Waals surface area contributed by atoms with E-state index in [2.05, 4.69) is 5.32 Å². The van der Waals surface area contributed by atoms with Crippen molar-refractivity contribution in [2.75, 3.05) is 0 Å². The lowest BCUT2D eigenvalue weighted by Gasteiger charge is -2.23. The molecule has 1 aromatic carbocycles. The van der Waals surface area contributed by atoms with Crippen molar-refractivity contribution in [1.29, 1.82) is 0 Å². The Morgan fingerprint density at radius 1 is 1.45 bits per heavy atom. The summed E-state index contributed by atoms with van der Waals surface area (Å²) in [5, 5.41) is 24.0. The van der Waals surface area contributed by atoms with Crippen molar-refractivity contribution >= 4 is 11.6 Å². The van der Waals surface area contributed by atoms with Gasteiger partial charge >= 0.3 is 0 Å². The van der Waals surface area contributed by atoms with Gasteiger partial charge in [0.25, 0.3) is 5.69 Å². The number of nitrogens with zero attached hydrogens (tertiary/aromatic N) is 1. The van der Waals surface area contributed by atoms with Crippen molar-refractivity contribution in [2.24, 2.45) is 0 Å². The van der Waals surface area contributed by atoms with Gasteiger partial charge in [0.2, 0.25) is 5.91 Å². The van der Waals surface area contributed by atoms with Crippen LogP contribution in [-0.4, -0.2) is 21.5 Å². The average Bonchev–Trinajstić information content (AvgIpc) is 2.84. The van der Waals surface area contributed by atoms with Crippen LogP contribution in [0.4, 0.5) is 5.69 Å². The number of amides is 1. The number of hydrogen-bond donors (Lipinski definition) is 2. The van der Waals surface area contributed by atoms with Crippen LogP contribution in [-0.2, 0) is 4.79 Å². The van der Waals surface area contributed by atoms with Crippen molar-refractivity contribution in [3.05, 3.63) is 39.4 Å². The molecular weight excluding hydrogens is 284 g/mol. The second kappa shape index (κ2) is 6.44. The van der Waals surface area contributed by atoms with Crippen molar-refractivity contribution in [3.63, 3.8) is 0 Å². The lowest BCUT2D eigenvalue weighted by Crippen LogP contribution is -2.35. The molecule has 1 amide bonds. The Bertz CT molecular complexity index is 580. The summed E-state index contributed by atoms with van der Waals surface area (Å²) in [5.74, 6) is -0.222. The van der Waals surface area contributed by atoms with Crippen LogP contribution in [0.3, 0.4) is 0 Å². The van der Waals surface area contributed by atoms with Crippen LogP contribution in [0, 0.1) is 17.0 Å². The Morgan fingerprint density at radius 2 is 2.09 bits per heavy atom. The minimum absolute atomic E-state index is 0.0491. The highest BCUT2D eigenvalue weighted by Crippen LogP contribution is 2.32. The Morgan fingerprint density at radius 3 is 2.68 bits per heavy atom. The van der Waals surface area contributed by atoms with E-state index in [0.717, 1.165) is 12.8 Å². The Labute approximate surface area is 129 Å². The third-order valence-corrected chi connectivity index (χ3v) is 4.33. The molecule has 2 N–H and O–H groups in total. The quantitative estimate of drug-likeness (QED) is 0.646. The normalized spacial score (nSPS) is 18.0. The van der Waals surface area contributed by atoms with E-state index < -0.39 is 10.5 Å². The maximum atomic E-state index is 12.1. The van der Waals surface area contributed by atoms with Gasteiger partial charge in [0.1, 0.15) is 0 Å². The molecule has 22 heavy (non-hydrogen) atoms. The van der Waals surface area contributed by atoms with E-state index in [1.807, 2.05) is 0 Å². The van der Waals surface area contributed by atoms with Crippen LogP contribution in [0.15, 0.2) is 18.2 Å². The van der Waals surface area contributed by atoms with E-state index in [4.69, 9.17) is 0 Å². The molecule has 1 aliphatic rings. The molecule has 0 aliphatic heterocycles. The lowest BCUT2D eigenvalue weighted by molar-refractivity contribution is -0.385. The van der Waals surface area contributed by atoms with Crippen molar-refractivity contribution in [2.45, 2.75) is 57.6 Å². The summed E-state index contributed by atoms with van der Waals surface area (Å²) in [6.45, 7) is 3.46. The first-order valence-corrected chi connectivity index (χ1v) is 7.57. The highest BCUT2D eigenvalue weighted by molar-refractivity contribution is 5.77. The smallest absolute Gasteiger partial charge is 0.272 e. The Balaban J connectivity index is 2.02. The second-order valence-electron chi connectivity index (χ2n) is 6.20. The number of nitrogens with one attached hydrogen (secondary N) is 1. The molecule has 0 heterocycles. The van der Waals surface area contributed by atoms with Crippen LogP contribution in [0.5, 0.6) is 0 Å². The van der Waals surface area contributed by atoms with Gasteiger partial charge in [-0.1, -0.05) is 25.0 Å². The van der Waals surface area contributed by atoms with Gasteiger partial charge in [-0.3, -0.25) is 14.9 Å². The van der Waals surface area contributed by atoms with Crippen LogP contribution >= 0.6 is 0 Å². The van der Waals surface area contributed by atoms with Gasteiger partial charge in [-0.2, -0.15) is 0 Å². The topological polar surface area (TPSA) is 92.5 Å². The molecule has 0 saturated heterocycles. The summed E-state index contributed by atoms with van der Waals surface area (Å²) < 4.78 is 0. The average molecular weight is 306 g/mol.